The second-order valence-electron chi connectivity index (χ2n) is 5.71. The Morgan fingerprint density at radius 2 is 1.50 bits per heavy atom. The van der Waals surface area contributed by atoms with Crippen LogP contribution in [0.15, 0.2) is 60.7 Å². The van der Waals surface area contributed by atoms with E-state index < -0.39 is 36.6 Å². The number of benzene rings is 2. The Kier molecular flexibility index (Phi) is 5.60. The van der Waals surface area contributed by atoms with E-state index in [0.29, 0.717) is 5.56 Å². The minimum atomic E-state index is -1.94. The summed E-state index contributed by atoms with van der Waals surface area (Å²) in [5, 5.41) is 9.58. The quantitative estimate of drug-likeness (QED) is 0.823. The molecule has 1 aliphatic heterocycles. The third kappa shape index (κ3) is 4.07. The van der Waals surface area contributed by atoms with Crippen LogP contribution in [0.3, 0.4) is 0 Å². The summed E-state index contributed by atoms with van der Waals surface area (Å²) in [6.07, 6.45) is -6.20. The first-order valence-corrected chi connectivity index (χ1v) is 8.02. The van der Waals surface area contributed by atoms with Crippen LogP contribution in [0.4, 0.5) is 4.39 Å². The van der Waals surface area contributed by atoms with E-state index in [9.17, 15) is 19.1 Å². The molecule has 136 valence electrons. The summed E-state index contributed by atoms with van der Waals surface area (Å²) in [4.78, 5) is 24.1. The van der Waals surface area contributed by atoms with Crippen molar-refractivity contribution in [1.82, 2.24) is 0 Å². The van der Waals surface area contributed by atoms with E-state index in [2.05, 4.69) is 0 Å². The maximum Gasteiger partial charge on any atom is 0.338 e. The van der Waals surface area contributed by atoms with Crippen molar-refractivity contribution < 1.29 is 33.3 Å². The summed E-state index contributed by atoms with van der Waals surface area (Å²) in [6.45, 7) is -0.363. The van der Waals surface area contributed by atoms with Gasteiger partial charge in [-0.05, 0) is 24.3 Å². The van der Waals surface area contributed by atoms with Gasteiger partial charge in [0.05, 0.1) is 11.1 Å². The Morgan fingerprint density at radius 1 is 0.962 bits per heavy atom. The Bertz CT molecular complexity index is 751. The summed E-state index contributed by atoms with van der Waals surface area (Å²) in [7, 11) is 0. The highest BCUT2D eigenvalue weighted by molar-refractivity contribution is 5.90. The Labute approximate surface area is 149 Å². The van der Waals surface area contributed by atoms with Crippen LogP contribution in [-0.2, 0) is 14.2 Å². The van der Waals surface area contributed by atoms with Crippen LogP contribution in [0.1, 0.15) is 20.7 Å². The molecule has 1 saturated heterocycles. The molecule has 0 saturated carbocycles. The average molecular weight is 360 g/mol. The van der Waals surface area contributed by atoms with Gasteiger partial charge in [-0.25, -0.2) is 14.0 Å². The number of hydrogen-bond acceptors (Lipinski definition) is 6. The zero-order chi connectivity index (χ0) is 18.5. The smallest absolute Gasteiger partial charge is 0.338 e. The fraction of sp³-hybridized carbons (Fsp3) is 0.263. The topological polar surface area (TPSA) is 82.1 Å². The SMILES string of the molecule is O=C(OC[C@@H]1O[C@H](O)[C@H](F)[C@H]1OC(=O)c1ccccc1)c1ccccc1. The number of rotatable bonds is 5. The molecule has 7 heteroatoms. The number of ether oxygens (including phenoxy) is 3. The van der Waals surface area contributed by atoms with Crippen LogP contribution < -0.4 is 0 Å². The lowest BCUT2D eigenvalue weighted by atomic mass is 10.1. The van der Waals surface area contributed by atoms with Crippen molar-refractivity contribution in [3.05, 3.63) is 71.8 Å². The Balaban J connectivity index is 1.63. The normalized spacial score (nSPS) is 24.8. The molecule has 0 unspecified atom stereocenters. The van der Waals surface area contributed by atoms with E-state index in [0.717, 1.165) is 0 Å². The van der Waals surface area contributed by atoms with Gasteiger partial charge in [0.1, 0.15) is 12.7 Å². The lowest BCUT2D eigenvalue weighted by Gasteiger charge is -2.19. The van der Waals surface area contributed by atoms with Crippen LogP contribution in [0.5, 0.6) is 0 Å². The molecular formula is C19H17FO6. The molecule has 26 heavy (non-hydrogen) atoms. The van der Waals surface area contributed by atoms with Gasteiger partial charge in [-0.1, -0.05) is 36.4 Å². The molecule has 0 amide bonds. The third-order valence-electron chi connectivity index (χ3n) is 3.91. The van der Waals surface area contributed by atoms with Crippen LogP contribution in [0.2, 0.25) is 0 Å². The van der Waals surface area contributed by atoms with Crippen LogP contribution in [0, 0.1) is 0 Å². The van der Waals surface area contributed by atoms with Gasteiger partial charge in [-0.2, -0.15) is 0 Å². The molecule has 0 aliphatic carbocycles. The van der Waals surface area contributed by atoms with Crippen molar-refractivity contribution in [1.29, 1.82) is 0 Å². The number of carbonyl (C=O) groups is 2. The van der Waals surface area contributed by atoms with Crippen molar-refractivity contribution in [2.24, 2.45) is 0 Å². The molecule has 6 nitrogen and oxygen atoms in total. The maximum atomic E-state index is 14.2. The van der Waals surface area contributed by atoms with Crippen LogP contribution in [-0.4, -0.2) is 48.3 Å². The van der Waals surface area contributed by atoms with E-state index in [1.54, 1.807) is 48.5 Å². The summed E-state index contributed by atoms with van der Waals surface area (Å²) < 4.78 is 29.4. The number of halogens is 1. The molecule has 1 N–H and O–H groups in total. The fourth-order valence-corrected chi connectivity index (χ4v) is 2.56. The highest BCUT2D eigenvalue weighted by atomic mass is 19.1. The molecule has 0 bridgehead atoms. The second-order valence-corrected chi connectivity index (χ2v) is 5.71. The number of aliphatic hydroxyl groups excluding tert-OH is 1. The zero-order valence-electron chi connectivity index (χ0n) is 13.7. The first-order valence-electron chi connectivity index (χ1n) is 8.02. The monoisotopic (exact) mass is 360 g/mol. The standard InChI is InChI=1S/C19H17FO6/c20-15-16(26-18(22)13-9-5-2-6-10-13)14(25-19(15)23)11-24-17(21)12-7-3-1-4-8-12/h1-10,14-16,19,23H,11H2/t14-,15+,16-,19-/m0/s1. The molecule has 2 aromatic rings. The predicted octanol–water partition coefficient (Wildman–Crippen LogP) is 2.12. The highest BCUT2D eigenvalue weighted by Gasteiger charge is 2.47. The molecule has 0 spiro atoms. The van der Waals surface area contributed by atoms with E-state index in [-0.39, 0.29) is 12.2 Å². The third-order valence-corrected chi connectivity index (χ3v) is 3.91. The molecule has 0 aromatic heterocycles. The van der Waals surface area contributed by atoms with Gasteiger partial charge in [0.15, 0.2) is 18.6 Å². The molecule has 3 rings (SSSR count). The van der Waals surface area contributed by atoms with Crippen molar-refractivity contribution in [2.75, 3.05) is 6.61 Å². The van der Waals surface area contributed by atoms with Gasteiger partial charge in [0.2, 0.25) is 0 Å². The number of esters is 2. The van der Waals surface area contributed by atoms with Gasteiger partial charge in [0.25, 0.3) is 0 Å². The molecule has 4 atom stereocenters. The van der Waals surface area contributed by atoms with Crippen LogP contribution in [0.25, 0.3) is 0 Å². The number of aliphatic hydroxyl groups is 1. The van der Waals surface area contributed by atoms with Crippen molar-refractivity contribution in [2.45, 2.75) is 24.7 Å². The maximum absolute atomic E-state index is 14.2. The van der Waals surface area contributed by atoms with Crippen molar-refractivity contribution >= 4 is 11.9 Å². The van der Waals surface area contributed by atoms with E-state index in [1.165, 1.54) is 12.1 Å². The number of alkyl halides is 1. The first kappa shape index (κ1) is 18.0. The predicted molar refractivity (Wildman–Crippen MR) is 88.1 cm³/mol. The lowest BCUT2D eigenvalue weighted by molar-refractivity contribution is -0.122. The number of carbonyl (C=O) groups excluding carboxylic acids is 2. The largest absolute Gasteiger partial charge is 0.459 e. The summed E-state index contributed by atoms with van der Waals surface area (Å²) >= 11 is 0. The summed E-state index contributed by atoms with van der Waals surface area (Å²) in [5.41, 5.74) is 0.557. The summed E-state index contributed by atoms with van der Waals surface area (Å²) in [6, 6.07) is 16.3. The zero-order valence-corrected chi connectivity index (χ0v) is 13.7. The lowest BCUT2D eigenvalue weighted by Crippen LogP contribution is -2.37. The van der Waals surface area contributed by atoms with E-state index in [4.69, 9.17) is 14.2 Å². The average Bonchev–Trinajstić information content (AvgIpc) is 2.95. The molecule has 1 heterocycles. The summed E-state index contributed by atoms with van der Waals surface area (Å²) in [5.74, 6) is -1.38. The first-order chi connectivity index (χ1) is 12.6. The molecule has 0 radical (unpaired) electrons. The van der Waals surface area contributed by atoms with E-state index in [1.807, 2.05) is 0 Å². The Hall–Kier alpha value is -2.77. The highest BCUT2D eigenvalue weighted by Crippen LogP contribution is 2.26. The van der Waals surface area contributed by atoms with Crippen LogP contribution >= 0.6 is 0 Å². The number of hydrogen-bond donors (Lipinski definition) is 1. The van der Waals surface area contributed by atoms with Gasteiger partial charge in [0, 0.05) is 0 Å². The van der Waals surface area contributed by atoms with Crippen molar-refractivity contribution in [3.63, 3.8) is 0 Å². The van der Waals surface area contributed by atoms with Crippen molar-refractivity contribution in [3.8, 4) is 0 Å². The van der Waals surface area contributed by atoms with Gasteiger partial charge >= 0.3 is 11.9 Å². The van der Waals surface area contributed by atoms with Gasteiger partial charge < -0.3 is 19.3 Å². The molecule has 1 fully saturated rings. The second kappa shape index (κ2) is 8.07. The van der Waals surface area contributed by atoms with E-state index >= 15 is 0 Å². The minimum absolute atomic E-state index is 0.237. The molecule has 2 aromatic carbocycles. The fourth-order valence-electron chi connectivity index (χ4n) is 2.56. The molecular weight excluding hydrogens is 343 g/mol. The Morgan fingerprint density at radius 3 is 2.08 bits per heavy atom. The molecule has 1 aliphatic rings. The minimum Gasteiger partial charge on any atom is -0.459 e. The van der Waals surface area contributed by atoms with Gasteiger partial charge in [-0.15, -0.1) is 0 Å². The van der Waals surface area contributed by atoms with Gasteiger partial charge in [-0.3, -0.25) is 0 Å².